The number of halogens is 4. The lowest BCUT2D eigenvalue weighted by Crippen LogP contribution is -2.21. The first-order valence-corrected chi connectivity index (χ1v) is 13.9. The van der Waals surface area contributed by atoms with E-state index in [1.807, 2.05) is 24.3 Å². The molecule has 3 atom stereocenters. The minimum atomic E-state index is -5.08. The van der Waals surface area contributed by atoms with Gasteiger partial charge in [-0.2, -0.15) is 18.3 Å². The average molecular weight is 593 g/mol. The van der Waals surface area contributed by atoms with Crippen LogP contribution in [0.3, 0.4) is 0 Å². The number of aromatic amines is 1. The molecule has 0 radical (unpaired) electrons. The molecule has 222 valence electrons. The van der Waals surface area contributed by atoms with Gasteiger partial charge in [0.2, 0.25) is 5.91 Å². The van der Waals surface area contributed by atoms with Crippen molar-refractivity contribution in [3.05, 3.63) is 94.7 Å². The lowest BCUT2D eigenvalue weighted by atomic mass is 9.92. The summed E-state index contributed by atoms with van der Waals surface area (Å²) in [5, 5.41) is 19.0. The Morgan fingerprint density at radius 3 is 2.53 bits per heavy atom. The molecule has 4 aromatic rings. The first kappa shape index (κ1) is 28.6. The van der Waals surface area contributed by atoms with Crippen LogP contribution >= 0.6 is 0 Å². The second-order valence-electron chi connectivity index (χ2n) is 11.1. The number of hydrogen-bond acceptors (Lipinski definition) is 4. The summed E-state index contributed by atoms with van der Waals surface area (Å²) in [6.45, 7) is 2.17. The first-order valence-electron chi connectivity index (χ1n) is 13.9. The zero-order chi connectivity index (χ0) is 30.4. The number of fused-ring (bicyclic) bond motifs is 3. The maximum Gasteiger partial charge on any atom is 0.490 e. The number of carbonyl (C=O) groups is 2. The predicted molar refractivity (Wildman–Crippen MR) is 154 cm³/mol. The Morgan fingerprint density at radius 2 is 1.84 bits per heavy atom. The van der Waals surface area contributed by atoms with Crippen LogP contribution < -0.4 is 5.32 Å². The zero-order valence-electron chi connectivity index (χ0n) is 22.9. The van der Waals surface area contributed by atoms with Gasteiger partial charge in [0.05, 0.1) is 16.6 Å². The number of nitrogens with zero attached hydrogens (tertiary/aromatic N) is 2. The smallest absolute Gasteiger partial charge is 0.475 e. The molecule has 7 nitrogen and oxygen atoms in total. The Balaban J connectivity index is 0.000000423. The maximum absolute atomic E-state index is 13.4. The first-order chi connectivity index (χ1) is 20.5. The molecule has 43 heavy (non-hydrogen) atoms. The summed E-state index contributed by atoms with van der Waals surface area (Å²) in [6, 6.07) is 22.8. The SMILES string of the molecule is O=C(O)C(F)(F)F.O=C1Nc2ccccc2[C@]12C[C@H]2c1ccc2c(C=Cc3ccc(CN4CC[C@@H](F)C4)cc3)n[nH]c2c1. The average Bonchev–Trinajstić information content (AvgIpc) is 3.22. The summed E-state index contributed by atoms with van der Waals surface area (Å²) in [5.74, 6) is -2.46. The number of aromatic nitrogens is 2. The van der Waals surface area contributed by atoms with Crippen molar-refractivity contribution in [3.63, 3.8) is 0 Å². The van der Waals surface area contributed by atoms with Crippen LogP contribution in [-0.2, 0) is 21.5 Å². The molecule has 0 bridgehead atoms. The highest BCUT2D eigenvalue weighted by atomic mass is 19.4. The van der Waals surface area contributed by atoms with E-state index in [1.165, 1.54) is 11.1 Å². The maximum atomic E-state index is 13.4. The van der Waals surface area contributed by atoms with Crippen molar-refractivity contribution in [2.75, 3.05) is 18.4 Å². The standard InChI is InChI=1S/C30H27FN4O.C2HF3O2/c31-22-13-14-35(18-22)17-20-7-5-19(6-8-20)9-12-26-23-11-10-21(15-28(23)34-33-26)25-16-30(25)24-3-1-2-4-27(24)32-29(30)36;3-2(4,5)1(6)7/h1-12,15,22,25H,13-14,16-18H2,(H,32,36)(H,33,34);(H,6,7)/t22-,25+,30+;/m1./s1. The van der Waals surface area contributed by atoms with Crippen molar-refractivity contribution in [2.24, 2.45) is 0 Å². The van der Waals surface area contributed by atoms with Gasteiger partial charge in [0.1, 0.15) is 6.17 Å². The Kier molecular flexibility index (Phi) is 7.29. The van der Waals surface area contributed by atoms with Crippen molar-refractivity contribution in [1.29, 1.82) is 0 Å². The van der Waals surface area contributed by atoms with Crippen LogP contribution in [0.5, 0.6) is 0 Å². The molecule has 11 heteroatoms. The number of H-pyrrole nitrogens is 1. The van der Waals surface area contributed by atoms with E-state index in [1.54, 1.807) is 0 Å². The van der Waals surface area contributed by atoms with E-state index in [2.05, 4.69) is 75.0 Å². The second-order valence-corrected chi connectivity index (χ2v) is 11.1. The van der Waals surface area contributed by atoms with Crippen LogP contribution in [-0.4, -0.2) is 57.5 Å². The predicted octanol–water partition coefficient (Wildman–Crippen LogP) is 6.29. The second kappa shape index (κ2) is 11.0. The third-order valence-electron chi connectivity index (χ3n) is 8.32. The molecule has 2 aliphatic heterocycles. The van der Waals surface area contributed by atoms with Crippen molar-refractivity contribution < 1.29 is 32.3 Å². The molecule has 1 spiro atoms. The number of hydrogen-bond donors (Lipinski definition) is 3. The number of benzene rings is 3. The van der Waals surface area contributed by atoms with E-state index in [0.717, 1.165) is 52.9 Å². The highest BCUT2D eigenvalue weighted by Crippen LogP contribution is 2.65. The number of amides is 1. The summed E-state index contributed by atoms with van der Waals surface area (Å²) in [7, 11) is 0. The lowest BCUT2D eigenvalue weighted by molar-refractivity contribution is -0.192. The van der Waals surface area contributed by atoms with Gasteiger partial charge in [-0.3, -0.25) is 14.8 Å². The Bertz CT molecular complexity index is 1720. The van der Waals surface area contributed by atoms with E-state index in [0.29, 0.717) is 13.0 Å². The molecular formula is C32H28F4N4O3. The minimum Gasteiger partial charge on any atom is -0.475 e. The molecule has 0 unspecified atom stereocenters. The lowest BCUT2D eigenvalue weighted by Gasteiger charge is -2.14. The van der Waals surface area contributed by atoms with E-state index >= 15 is 0 Å². The molecule has 1 aliphatic carbocycles. The summed E-state index contributed by atoms with van der Waals surface area (Å²) in [4.78, 5) is 23.9. The van der Waals surface area contributed by atoms with Gasteiger partial charge < -0.3 is 10.4 Å². The van der Waals surface area contributed by atoms with Gasteiger partial charge in [0.25, 0.3) is 0 Å². The Morgan fingerprint density at radius 1 is 1.09 bits per heavy atom. The van der Waals surface area contributed by atoms with Crippen molar-refractivity contribution in [1.82, 2.24) is 15.1 Å². The van der Waals surface area contributed by atoms with E-state index in [-0.39, 0.29) is 11.8 Å². The molecule has 1 aromatic heterocycles. The highest BCUT2D eigenvalue weighted by Gasteiger charge is 2.65. The molecule has 3 aromatic carbocycles. The summed E-state index contributed by atoms with van der Waals surface area (Å²) in [6.07, 6.45) is -0.191. The van der Waals surface area contributed by atoms with E-state index in [9.17, 15) is 22.4 Å². The molecule has 3 N–H and O–H groups in total. The molecule has 7 rings (SSSR count). The van der Waals surface area contributed by atoms with Crippen LogP contribution in [0.4, 0.5) is 23.2 Å². The van der Waals surface area contributed by atoms with Crippen LogP contribution in [0.25, 0.3) is 23.1 Å². The quantitative estimate of drug-likeness (QED) is 0.237. The fraction of sp³-hybridized carbons (Fsp3) is 0.281. The van der Waals surface area contributed by atoms with Gasteiger partial charge in [-0.1, -0.05) is 60.7 Å². The fourth-order valence-electron chi connectivity index (χ4n) is 6.05. The molecule has 3 aliphatic rings. The third-order valence-corrected chi connectivity index (χ3v) is 8.32. The number of nitrogens with one attached hydrogen (secondary N) is 2. The monoisotopic (exact) mass is 592 g/mol. The minimum absolute atomic E-state index is 0.111. The summed E-state index contributed by atoms with van der Waals surface area (Å²) < 4.78 is 45.2. The van der Waals surface area contributed by atoms with Crippen molar-refractivity contribution >= 4 is 40.6 Å². The number of likely N-dealkylation sites (tertiary alicyclic amines) is 1. The van der Waals surface area contributed by atoms with Gasteiger partial charge in [0, 0.05) is 36.6 Å². The van der Waals surface area contributed by atoms with Crippen molar-refractivity contribution in [3.8, 4) is 0 Å². The van der Waals surface area contributed by atoms with Gasteiger partial charge in [-0.05, 0) is 53.3 Å². The van der Waals surface area contributed by atoms with Crippen LogP contribution in [0, 0.1) is 0 Å². The number of alkyl halides is 4. The number of aliphatic carboxylic acids is 1. The van der Waals surface area contributed by atoms with Gasteiger partial charge in [-0.25, -0.2) is 9.18 Å². The molecule has 3 heterocycles. The zero-order valence-corrected chi connectivity index (χ0v) is 22.9. The van der Waals surface area contributed by atoms with Crippen molar-refractivity contribution in [2.45, 2.75) is 43.1 Å². The van der Waals surface area contributed by atoms with Crippen LogP contribution in [0.15, 0.2) is 66.7 Å². The molecule has 1 saturated carbocycles. The molecular weight excluding hydrogens is 564 g/mol. The fourth-order valence-corrected chi connectivity index (χ4v) is 6.05. The third kappa shape index (κ3) is 5.64. The molecule has 1 amide bonds. The van der Waals surface area contributed by atoms with Gasteiger partial charge in [-0.15, -0.1) is 0 Å². The number of anilines is 1. The Hall–Kier alpha value is -4.51. The van der Waals surface area contributed by atoms with Gasteiger partial charge >= 0.3 is 12.1 Å². The number of carboxylic acids is 1. The normalized spacial score (nSPS) is 22.9. The van der Waals surface area contributed by atoms with Crippen LogP contribution in [0.1, 0.15) is 46.7 Å². The molecule has 1 saturated heterocycles. The highest BCUT2D eigenvalue weighted by molar-refractivity contribution is 6.09. The summed E-state index contributed by atoms with van der Waals surface area (Å²) in [5.41, 5.74) is 6.97. The number of rotatable bonds is 5. The molecule has 2 fully saturated rings. The summed E-state index contributed by atoms with van der Waals surface area (Å²) >= 11 is 0. The van der Waals surface area contributed by atoms with E-state index in [4.69, 9.17) is 9.90 Å². The van der Waals surface area contributed by atoms with Gasteiger partial charge in [0.15, 0.2) is 0 Å². The largest absolute Gasteiger partial charge is 0.490 e. The topological polar surface area (TPSA) is 98.3 Å². The van der Waals surface area contributed by atoms with Crippen LogP contribution in [0.2, 0.25) is 0 Å². The number of carboxylic acid groups (broad SMARTS) is 1. The number of para-hydroxylation sites is 1. The van der Waals surface area contributed by atoms with E-state index < -0.39 is 23.7 Å². The number of carbonyl (C=O) groups excluding carboxylic acids is 1. The Labute approximate surface area is 244 Å².